The topological polar surface area (TPSA) is 135 Å². The summed E-state index contributed by atoms with van der Waals surface area (Å²) in [6, 6.07) is 29.8. The Bertz CT molecular complexity index is 2290. The van der Waals surface area contributed by atoms with E-state index in [9.17, 15) is 4.91 Å². The number of hydrogen-bond acceptors (Lipinski definition) is 8. The summed E-state index contributed by atoms with van der Waals surface area (Å²) >= 11 is 0. The normalized spacial score (nSPS) is 11.9. The summed E-state index contributed by atoms with van der Waals surface area (Å²) < 4.78 is 0. The first-order valence-corrected chi connectivity index (χ1v) is 17.3. The molecule has 0 radical (unpaired) electrons. The largest absolute Gasteiger partial charge is 0.411 e. The molecule has 6 N–H and O–H groups in total. The molecule has 0 amide bonds. The van der Waals surface area contributed by atoms with Crippen molar-refractivity contribution >= 4 is 16.5 Å². The van der Waals surface area contributed by atoms with Gasteiger partial charge >= 0.3 is 0 Å². The molecule has 52 heavy (non-hydrogen) atoms. The van der Waals surface area contributed by atoms with Crippen molar-refractivity contribution in [3.05, 3.63) is 168 Å². The molecule has 0 heterocycles. The number of rotatable bonds is 10. The molecular weight excluding hydrogens is 649 g/mol. The molecule has 0 saturated heterocycles. The van der Waals surface area contributed by atoms with Crippen LogP contribution in [0.15, 0.2) is 90.1 Å². The Morgan fingerprint density at radius 3 is 1.08 bits per heavy atom. The molecule has 0 aliphatic heterocycles. The minimum Gasteiger partial charge on any atom is -0.411 e. The Kier molecular flexibility index (Phi) is 10.2. The number of aryl methyl sites for hydroxylation is 8. The van der Waals surface area contributed by atoms with E-state index in [0.29, 0.717) is 22.9 Å². The van der Waals surface area contributed by atoms with Crippen LogP contribution >= 0.6 is 0 Å². The van der Waals surface area contributed by atoms with Gasteiger partial charge in [0.15, 0.2) is 0 Å². The fraction of sp³-hybridized carbons (Fsp3) is 0.227. The van der Waals surface area contributed by atoms with E-state index in [0.717, 1.165) is 88.7 Å². The quantitative estimate of drug-likeness (QED) is 0.0738. The van der Waals surface area contributed by atoms with Gasteiger partial charge in [-0.25, -0.2) is 0 Å². The fourth-order valence-electron chi connectivity index (χ4n) is 7.68. The molecule has 6 aromatic rings. The molecule has 0 saturated carbocycles. The summed E-state index contributed by atoms with van der Waals surface area (Å²) in [5.74, 6) is 18.6. The van der Waals surface area contributed by atoms with Crippen molar-refractivity contribution in [1.29, 1.82) is 0 Å². The minimum absolute atomic E-state index is 0.0858. The Morgan fingerprint density at radius 1 is 0.423 bits per heavy atom. The average molecular weight is 695 g/mol. The number of fused-ring (bicyclic) bond motifs is 1. The lowest BCUT2D eigenvalue weighted by Crippen LogP contribution is -2.11. The molecule has 0 fully saturated rings. The van der Waals surface area contributed by atoms with Gasteiger partial charge in [-0.1, -0.05) is 60.7 Å². The van der Waals surface area contributed by atoms with Crippen molar-refractivity contribution in [3.63, 3.8) is 0 Å². The smallest absolute Gasteiger partial charge is 0.150 e. The average Bonchev–Trinajstić information content (AvgIpc) is 3.13. The van der Waals surface area contributed by atoms with Gasteiger partial charge in [0.25, 0.3) is 0 Å². The van der Waals surface area contributed by atoms with Gasteiger partial charge in [-0.2, -0.15) is 17.7 Å². The molecule has 6 rings (SSSR count). The highest BCUT2D eigenvalue weighted by Gasteiger charge is 2.26. The maximum absolute atomic E-state index is 11.6. The summed E-state index contributed by atoms with van der Waals surface area (Å²) in [5, 5.41) is 5.50. The third-order valence-electron chi connectivity index (χ3n) is 10.6. The van der Waals surface area contributed by atoms with Gasteiger partial charge < -0.3 is 14.5 Å². The molecule has 1 unspecified atom stereocenters. The second kappa shape index (κ2) is 14.6. The molecule has 1 atom stereocenters. The summed E-state index contributed by atoms with van der Waals surface area (Å²) in [6.45, 7) is 16.2. The SMILES string of the molecule is Cc1cc(C(c2ccc3cc(C(c4cc(C)c(ON)cc4C)c4cc(C)c(ON)cc4C)ccc3c2)c2cc(C)c(ON)cc2C)c(C)cc1N=O. The maximum Gasteiger partial charge on any atom is 0.150 e. The highest BCUT2D eigenvalue weighted by molar-refractivity contribution is 5.85. The fourth-order valence-corrected chi connectivity index (χ4v) is 7.68. The highest BCUT2D eigenvalue weighted by Crippen LogP contribution is 2.43. The molecule has 266 valence electrons. The van der Waals surface area contributed by atoms with Crippen molar-refractivity contribution < 1.29 is 14.5 Å². The van der Waals surface area contributed by atoms with Crippen LogP contribution in [-0.4, -0.2) is 0 Å². The van der Waals surface area contributed by atoms with Gasteiger partial charge in [-0.05, 0) is 173 Å². The van der Waals surface area contributed by atoms with Gasteiger partial charge in [-0.15, -0.1) is 4.91 Å². The summed E-state index contributed by atoms with van der Waals surface area (Å²) in [4.78, 5) is 27.2. The van der Waals surface area contributed by atoms with Crippen LogP contribution in [0.25, 0.3) is 10.8 Å². The van der Waals surface area contributed by atoms with E-state index in [1.807, 2.05) is 58.9 Å². The molecule has 0 aliphatic carbocycles. The minimum atomic E-state index is -0.121. The van der Waals surface area contributed by atoms with Crippen LogP contribution < -0.4 is 32.2 Å². The monoisotopic (exact) mass is 694 g/mol. The van der Waals surface area contributed by atoms with Gasteiger partial charge in [0.1, 0.15) is 22.9 Å². The van der Waals surface area contributed by atoms with Crippen molar-refractivity contribution in [2.24, 2.45) is 22.9 Å². The number of nitrogens with zero attached hydrogens (tertiary/aromatic N) is 1. The molecular formula is C44H46N4O4. The predicted molar refractivity (Wildman–Crippen MR) is 209 cm³/mol. The predicted octanol–water partition coefficient (Wildman–Crippen LogP) is 9.82. The zero-order valence-corrected chi connectivity index (χ0v) is 31.0. The second-order valence-corrected chi connectivity index (χ2v) is 14.1. The van der Waals surface area contributed by atoms with Crippen LogP contribution in [-0.2, 0) is 0 Å². The highest BCUT2D eigenvalue weighted by atomic mass is 16.6. The third kappa shape index (κ3) is 6.64. The third-order valence-corrected chi connectivity index (χ3v) is 10.6. The van der Waals surface area contributed by atoms with Crippen molar-refractivity contribution in [2.75, 3.05) is 0 Å². The van der Waals surface area contributed by atoms with E-state index >= 15 is 0 Å². The molecule has 0 spiro atoms. The van der Waals surface area contributed by atoms with Crippen molar-refractivity contribution in [3.8, 4) is 17.2 Å². The molecule has 6 aromatic carbocycles. The van der Waals surface area contributed by atoms with Crippen molar-refractivity contribution in [1.82, 2.24) is 0 Å². The summed E-state index contributed by atoms with van der Waals surface area (Å²) in [6.07, 6.45) is 0. The zero-order valence-electron chi connectivity index (χ0n) is 31.0. The van der Waals surface area contributed by atoms with Crippen LogP contribution in [0.1, 0.15) is 89.7 Å². The maximum atomic E-state index is 11.6. The first-order chi connectivity index (χ1) is 24.9. The molecule has 0 aromatic heterocycles. The Hall–Kier alpha value is -5.54. The first-order valence-electron chi connectivity index (χ1n) is 17.3. The Labute approximate surface area is 305 Å². The lowest BCUT2D eigenvalue weighted by molar-refractivity contribution is 0.331. The number of benzene rings is 6. The number of nitroso groups, excluding NO2 is 1. The lowest BCUT2D eigenvalue weighted by atomic mass is 9.78. The Balaban J connectivity index is 1.55. The van der Waals surface area contributed by atoms with E-state index in [1.54, 1.807) is 0 Å². The van der Waals surface area contributed by atoms with Crippen LogP contribution in [0.5, 0.6) is 17.2 Å². The van der Waals surface area contributed by atoms with Crippen molar-refractivity contribution in [2.45, 2.75) is 67.2 Å². The molecule has 8 heteroatoms. The van der Waals surface area contributed by atoms with Crippen LogP contribution in [0.4, 0.5) is 5.69 Å². The Morgan fingerprint density at radius 2 is 0.750 bits per heavy atom. The van der Waals surface area contributed by atoms with Crippen LogP contribution in [0.3, 0.4) is 0 Å². The number of hydrogen-bond donors (Lipinski definition) is 3. The van der Waals surface area contributed by atoms with Crippen LogP contribution in [0.2, 0.25) is 0 Å². The summed E-state index contributed by atoms with van der Waals surface area (Å²) in [5.41, 5.74) is 15.2. The lowest BCUT2D eigenvalue weighted by Gasteiger charge is -2.26. The standard InChI is InChI=1S/C44H46N4O4/c1-23-17-39(48-49)27(5)13-35(23)43(36-14-28(6)40(50-45)18-24(36)2)33-11-9-32-22-34(12-10-31(32)21-33)44(37-15-29(7)41(51-46)19-25(37)3)38-16-30(8)42(52-47)20-26(38)4/h9-22,43-44H,45-47H2,1-8H3. The van der Waals surface area contributed by atoms with E-state index in [1.165, 1.54) is 0 Å². The van der Waals surface area contributed by atoms with Gasteiger partial charge in [0.05, 0.1) is 0 Å². The number of nitrogens with two attached hydrogens (primary N) is 3. The first kappa shape index (κ1) is 36.3. The second-order valence-electron chi connectivity index (χ2n) is 14.1. The van der Waals surface area contributed by atoms with Gasteiger partial charge in [0.2, 0.25) is 0 Å². The van der Waals surface area contributed by atoms with Crippen LogP contribution in [0, 0.1) is 60.3 Å². The van der Waals surface area contributed by atoms with E-state index in [-0.39, 0.29) is 11.8 Å². The molecule has 0 bridgehead atoms. The summed E-state index contributed by atoms with van der Waals surface area (Å²) in [7, 11) is 0. The van der Waals surface area contributed by atoms with Gasteiger partial charge in [0, 0.05) is 11.8 Å². The van der Waals surface area contributed by atoms with E-state index < -0.39 is 0 Å². The van der Waals surface area contributed by atoms with E-state index in [2.05, 4.69) is 86.6 Å². The molecule has 8 nitrogen and oxygen atoms in total. The zero-order chi connectivity index (χ0) is 37.4. The molecule has 0 aliphatic rings. The van der Waals surface area contributed by atoms with Gasteiger partial charge in [-0.3, -0.25) is 0 Å². The van der Waals surface area contributed by atoms with E-state index in [4.69, 9.17) is 32.2 Å².